The van der Waals surface area contributed by atoms with Crippen molar-refractivity contribution in [1.29, 1.82) is 0 Å². The zero-order valence-corrected chi connectivity index (χ0v) is 16.5. The lowest BCUT2D eigenvalue weighted by Crippen LogP contribution is -2.54. The molecule has 0 aromatic heterocycles. The number of nitrogens with zero attached hydrogens (tertiary/aromatic N) is 2. The molecule has 4 unspecified atom stereocenters. The van der Waals surface area contributed by atoms with Crippen LogP contribution in [0.2, 0.25) is 5.02 Å². The van der Waals surface area contributed by atoms with Crippen molar-refractivity contribution in [3.8, 4) is 0 Å². The van der Waals surface area contributed by atoms with Crippen molar-refractivity contribution in [3.05, 3.63) is 34.6 Å². The minimum atomic E-state index is -0.617. The Labute approximate surface area is 169 Å². The molecule has 0 radical (unpaired) electrons. The van der Waals surface area contributed by atoms with Crippen molar-refractivity contribution in [1.82, 2.24) is 9.80 Å². The first kappa shape index (κ1) is 20.4. The predicted octanol–water partition coefficient (Wildman–Crippen LogP) is 2.56. The third kappa shape index (κ3) is 3.67. The number of halogens is 3. The van der Waals surface area contributed by atoms with Gasteiger partial charge in [0.15, 0.2) is 0 Å². The summed E-state index contributed by atoms with van der Waals surface area (Å²) in [6, 6.07) is 4.04. The lowest BCUT2D eigenvalue weighted by Gasteiger charge is -2.38. The lowest BCUT2D eigenvalue weighted by molar-refractivity contribution is -0.139. The molecule has 1 heterocycles. The number of carbonyl (C=O) groups excluding carboxylic acids is 2. The van der Waals surface area contributed by atoms with Crippen LogP contribution in [0.3, 0.4) is 0 Å². The van der Waals surface area contributed by atoms with Crippen molar-refractivity contribution in [3.63, 3.8) is 0 Å². The molecule has 1 saturated heterocycles. The van der Waals surface area contributed by atoms with Crippen molar-refractivity contribution in [2.24, 2.45) is 23.5 Å². The smallest absolute Gasteiger partial charge is 0.256 e. The van der Waals surface area contributed by atoms with Crippen LogP contribution in [-0.4, -0.2) is 53.8 Å². The number of piperazine rings is 1. The Kier molecular flexibility index (Phi) is 5.99. The van der Waals surface area contributed by atoms with Crippen LogP contribution in [0.15, 0.2) is 18.2 Å². The van der Waals surface area contributed by atoms with Crippen LogP contribution < -0.4 is 5.73 Å². The van der Waals surface area contributed by atoms with Crippen LogP contribution >= 0.6 is 24.0 Å². The van der Waals surface area contributed by atoms with Gasteiger partial charge in [-0.3, -0.25) is 9.59 Å². The fourth-order valence-corrected chi connectivity index (χ4v) is 5.04. The van der Waals surface area contributed by atoms with Gasteiger partial charge in [-0.15, -0.1) is 12.4 Å². The molecule has 1 aliphatic heterocycles. The topological polar surface area (TPSA) is 66.6 Å². The highest BCUT2D eigenvalue weighted by atomic mass is 35.5. The number of nitrogens with two attached hydrogens (primary N) is 1. The Morgan fingerprint density at radius 1 is 1.07 bits per heavy atom. The van der Waals surface area contributed by atoms with E-state index in [4.69, 9.17) is 17.3 Å². The van der Waals surface area contributed by atoms with Gasteiger partial charge in [0, 0.05) is 37.2 Å². The van der Waals surface area contributed by atoms with Crippen LogP contribution in [0.25, 0.3) is 0 Å². The number of carbonyl (C=O) groups is 2. The zero-order valence-electron chi connectivity index (χ0n) is 14.9. The summed E-state index contributed by atoms with van der Waals surface area (Å²) in [7, 11) is 0. The molecule has 2 bridgehead atoms. The van der Waals surface area contributed by atoms with Crippen molar-refractivity contribution < 1.29 is 14.0 Å². The first-order chi connectivity index (χ1) is 12.5. The van der Waals surface area contributed by atoms with Gasteiger partial charge in [0.05, 0.1) is 11.5 Å². The molecule has 8 heteroatoms. The van der Waals surface area contributed by atoms with E-state index in [2.05, 4.69) is 0 Å². The number of hydrogen-bond donors (Lipinski definition) is 1. The molecule has 3 fully saturated rings. The highest BCUT2D eigenvalue weighted by Gasteiger charge is 2.50. The van der Waals surface area contributed by atoms with E-state index in [1.807, 2.05) is 4.90 Å². The molecule has 5 nitrogen and oxygen atoms in total. The summed E-state index contributed by atoms with van der Waals surface area (Å²) < 4.78 is 14.0. The van der Waals surface area contributed by atoms with E-state index >= 15 is 0 Å². The summed E-state index contributed by atoms with van der Waals surface area (Å²) in [4.78, 5) is 28.9. The Morgan fingerprint density at radius 3 is 2.30 bits per heavy atom. The standard InChI is InChI=1S/C19H23ClFN3O2.ClH/c20-13-3-4-14(15(21)10-13)18(25)23-5-7-24(8-6-23)19(26)16-11-1-2-12(9-11)17(16)22;/h3-4,10-12,16-17H,1-2,5-9,22H2;1H. The quantitative estimate of drug-likeness (QED) is 0.806. The maximum atomic E-state index is 14.0. The maximum Gasteiger partial charge on any atom is 0.256 e. The number of hydrogen-bond acceptors (Lipinski definition) is 3. The highest BCUT2D eigenvalue weighted by Crippen LogP contribution is 2.48. The largest absolute Gasteiger partial charge is 0.339 e. The summed E-state index contributed by atoms with van der Waals surface area (Å²) in [6.07, 6.45) is 3.32. The summed E-state index contributed by atoms with van der Waals surface area (Å²) in [5, 5.41) is 0.261. The maximum absolute atomic E-state index is 14.0. The van der Waals surface area contributed by atoms with E-state index in [0.717, 1.165) is 25.3 Å². The van der Waals surface area contributed by atoms with Gasteiger partial charge in [0.25, 0.3) is 5.91 Å². The molecule has 148 valence electrons. The summed E-state index contributed by atoms with van der Waals surface area (Å²) in [6.45, 7) is 1.76. The number of fused-ring (bicyclic) bond motifs is 2. The molecule has 27 heavy (non-hydrogen) atoms. The van der Waals surface area contributed by atoms with Crippen LogP contribution in [0.4, 0.5) is 4.39 Å². The molecular formula is C19H24Cl2FN3O2. The molecule has 0 spiro atoms. The van der Waals surface area contributed by atoms with Gasteiger partial charge < -0.3 is 15.5 Å². The fourth-order valence-electron chi connectivity index (χ4n) is 4.88. The van der Waals surface area contributed by atoms with Gasteiger partial charge in [-0.1, -0.05) is 11.6 Å². The third-order valence-electron chi connectivity index (χ3n) is 6.31. The van der Waals surface area contributed by atoms with Gasteiger partial charge in [-0.2, -0.15) is 0 Å². The molecular weight excluding hydrogens is 392 g/mol. The first-order valence-corrected chi connectivity index (χ1v) is 9.62. The molecule has 2 amide bonds. The van der Waals surface area contributed by atoms with Gasteiger partial charge in [0.1, 0.15) is 5.82 Å². The van der Waals surface area contributed by atoms with Crippen LogP contribution in [0, 0.1) is 23.6 Å². The molecule has 4 atom stereocenters. The van der Waals surface area contributed by atoms with Gasteiger partial charge >= 0.3 is 0 Å². The molecule has 1 aromatic carbocycles. The van der Waals surface area contributed by atoms with E-state index in [1.54, 1.807) is 4.90 Å². The van der Waals surface area contributed by atoms with Crippen LogP contribution in [-0.2, 0) is 4.79 Å². The fraction of sp³-hybridized carbons (Fsp3) is 0.579. The second-order valence-electron chi connectivity index (χ2n) is 7.68. The Bertz CT molecular complexity index is 738. The molecule has 3 aliphatic rings. The van der Waals surface area contributed by atoms with Gasteiger partial charge in [0.2, 0.25) is 5.91 Å². The minimum absolute atomic E-state index is 0. The second kappa shape index (κ2) is 7.94. The molecule has 2 aliphatic carbocycles. The number of amides is 2. The monoisotopic (exact) mass is 415 g/mol. The molecule has 2 N–H and O–H groups in total. The van der Waals surface area contributed by atoms with Gasteiger partial charge in [-0.25, -0.2) is 4.39 Å². The number of rotatable bonds is 2. The summed E-state index contributed by atoms with van der Waals surface area (Å²) in [5.74, 6) is 0.00561. The predicted molar refractivity (Wildman–Crippen MR) is 103 cm³/mol. The SMILES string of the molecule is Cl.NC1C2CCC(C2)C1C(=O)N1CCN(C(=O)c2ccc(Cl)cc2F)CC1. The van der Waals surface area contributed by atoms with Crippen molar-refractivity contribution in [2.75, 3.05) is 26.2 Å². The Hall–Kier alpha value is -1.37. The zero-order chi connectivity index (χ0) is 18.4. The van der Waals surface area contributed by atoms with E-state index in [-0.39, 0.29) is 46.8 Å². The van der Waals surface area contributed by atoms with Gasteiger partial charge in [-0.05, 0) is 49.3 Å². The van der Waals surface area contributed by atoms with E-state index in [1.165, 1.54) is 12.1 Å². The third-order valence-corrected chi connectivity index (χ3v) is 6.54. The van der Waals surface area contributed by atoms with Crippen molar-refractivity contribution in [2.45, 2.75) is 25.3 Å². The number of benzene rings is 1. The van der Waals surface area contributed by atoms with Crippen LogP contribution in [0.5, 0.6) is 0 Å². The summed E-state index contributed by atoms with van der Waals surface area (Å²) >= 11 is 5.74. The van der Waals surface area contributed by atoms with E-state index in [0.29, 0.717) is 38.0 Å². The minimum Gasteiger partial charge on any atom is -0.339 e. The van der Waals surface area contributed by atoms with Crippen molar-refractivity contribution >= 4 is 35.8 Å². The second-order valence-corrected chi connectivity index (χ2v) is 8.11. The van der Waals surface area contributed by atoms with E-state index < -0.39 is 5.82 Å². The Balaban J connectivity index is 0.00000210. The first-order valence-electron chi connectivity index (χ1n) is 9.24. The normalized spacial score (nSPS) is 29.6. The molecule has 4 rings (SSSR count). The lowest BCUT2D eigenvalue weighted by atomic mass is 9.84. The summed E-state index contributed by atoms with van der Waals surface area (Å²) in [5.41, 5.74) is 6.31. The highest BCUT2D eigenvalue weighted by molar-refractivity contribution is 6.30. The van der Waals surface area contributed by atoms with Crippen LogP contribution in [0.1, 0.15) is 29.6 Å². The van der Waals surface area contributed by atoms with E-state index in [9.17, 15) is 14.0 Å². The molecule has 1 aromatic rings. The average molecular weight is 416 g/mol. The molecule has 2 saturated carbocycles. The Morgan fingerprint density at radius 2 is 1.70 bits per heavy atom. The average Bonchev–Trinajstić information content (AvgIpc) is 3.22.